The Labute approximate surface area is 155 Å². The quantitative estimate of drug-likeness (QED) is 0.623. The van der Waals surface area contributed by atoms with Crippen LogP contribution in [-0.2, 0) is 0 Å². The molecule has 0 saturated carbocycles. The average Bonchev–Trinajstić information content (AvgIpc) is 2.84. The summed E-state index contributed by atoms with van der Waals surface area (Å²) in [5, 5.41) is 17.7. The van der Waals surface area contributed by atoms with Gasteiger partial charge in [0, 0.05) is 24.2 Å². The Morgan fingerprint density at radius 2 is 2.15 bits per heavy atom. The number of amides is 1. The van der Waals surface area contributed by atoms with Gasteiger partial charge in [-0.25, -0.2) is 0 Å². The van der Waals surface area contributed by atoms with Gasteiger partial charge in [0.1, 0.15) is 11.4 Å². The van der Waals surface area contributed by atoms with Crippen LogP contribution in [0.25, 0.3) is 0 Å². The molecule has 0 spiro atoms. The molecule has 1 atom stereocenters. The molecule has 2 N–H and O–H groups in total. The molecule has 1 aliphatic rings. The fraction of sp³-hybridized carbons (Fsp3) is 0.278. The normalized spacial score (nSPS) is 16.0. The molecule has 26 heavy (non-hydrogen) atoms. The molecule has 1 unspecified atom stereocenters. The van der Waals surface area contributed by atoms with Gasteiger partial charge in [-0.3, -0.25) is 14.9 Å². The summed E-state index contributed by atoms with van der Waals surface area (Å²) in [4.78, 5) is 22.7. The number of nitrogens with one attached hydrogen (secondary N) is 2. The van der Waals surface area contributed by atoms with Crippen molar-refractivity contribution in [1.29, 1.82) is 0 Å². The first-order valence-electron chi connectivity index (χ1n) is 8.19. The summed E-state index contributed by atoms with van der Waals surface area (Å²) in [6.45, 7) is 0.534. The second-order valence-electron chi connectivity index (χ2n) is 5.91. The average molecular weight is 376 g/mol. The summed E-state index contributed by atoms with van der Waals surface area (Å²) < 4.78 is 5.73. The van der Waals surface area contributed by atoms with Gasteiger partial charge in [-0.05, 0) is 31.0 Å². The Morgan fingerprint density at radius 3 is 2.88 bits per heavy atom. The van der Waals surface area contributed by atoms with Crippen molar-refractivity contribution in [3.8, 4) is 5.75 Å². The summed E-state index contributed by atoms with van der Waals surface area (Å²) in [6.07, 6.45) is 1.52. The predicted octanol–water partition coefficient (Wildman–Crippen LogP) is 3.93. The molecule has 136 valence electrons. The molecule has 7 nitrogen and oxygen atoms in total. The third kappa shape index (κ3) is 3.57. The van der Waals surface area contributed by atoms with Crippen LogP contribution in [-0.4, -0.2) is 24.5 Å². The van der Waals surface area contributed by atoms with Crippen LogP contribution in [0, 0.1) is 10.1 Å². The van der Waals surface area contributed by atoms with E-state index < -0.39 is 4.92 Å². The predicted molar refractivity (Wildman–Crippen MR) is 99.0 cm³/mol. The number of carbonyl (C=O) groups is 1. The molecule has 1 heterocycles. The van der Waals surface area contributed by atoms with E-state index in [4.69, 9.17) is 16.3 Å². The van der Waals surface area contributed by atoms with Crippen molar-refractivity contribution < 1.29 is 14.5 Å². The molecule has 0 bridgehead atoms. The maximum absolute atomic E-state index is 11.8. The van der Waals surface area contributed by atoms with Crippen LogP contribution < -0.4 is 15.4 Å². The van der Waals surface area contributed by atoms with Crippen molar-refractivity contribution in [3.05, 3.63) is 62.7 Å². The first-order valence-corrected chi connectivity index (χ1v) is 8.57. The number of fused-ring (bicyclic) bond motifs is 1. The molecule has 3 rings (SSSR count). The maximum Gasteiger partial charge on any atom is 0.293 e. The van der Waals surface area contributed by atoms with Gasteiger partial charge in [-0.2, -0.15) is 0 Å². The van der Waals surface area contributed by atoms with Crippen LogP contribution in [0.4, 0.5) is 11.4 Å². The fourth-order valence-corrected chi connectivity index (χ4v) is 3.23. The van der Waals surface area contributed by atoms with E-state index in [0.717, 1.165) is 18.4 Å². The Morgan fingerprint density at radius 1 is 1.35 bits per heavy atom. The van der Waals surface area contributed by atoms with Gasteiger partial charge in [-0.15, -0.1) is 0 Å². The van der Waals surface area contributed by atoms with Gasteiger partial charge in [0.25, 0.3) is 11.6 Å². The summed E-state index contributed by atoms with van der Waals surface area (Å²) in [7, 11) is 1.48. The standard InChI is InChI=1S/C18H18ClN3O4/c1-20-18(23)11-7-8-15(16(10-11)22(24)25)21-14-6-3-9-26-17-12(14)4-2-5-13(17)19/h2,4-5,7-8,10,14,21H,3,6,9H2,1H3,(H,20,23). The molecule has 1 amide bonds. The van der Waals surface area contributed by atoms with Crippen LogP contribution in [0.5, 0.6) is 5.75 Å². The summed E-state index contributed by atoms with van der Waals surface area (Å²) in [6, 6.07) is 9.67. The Hall–Kier alpha value is -2.80. The van der Waals surface area contributed by atoms with E-state index in [9.17, 15) is 14.9 Å². The van der Waals surface area contributed by atoms with E-state index in [2.05, 4.69) is 10.6 Å². The number of benzene rings is 2. The highest BCUT2D eigenvalue weighted by molar-refractivity contribution is 6.32. The Bertz CT molecular complexity index is 856. The van der Waals surface area contributed by atoms with E-state index in [-0.39, 0.29) is 23.2 Å². The van der Waals surface area contributed by atoms with E-state index >= 15 is 0 Å². The van der Waals surface area contributed by atoms with Crippen molar-refractivity contribution in [2.24, 2.45) is 0 Å². The number of carbonyl (C=O) groups excluding carboxylic acids is 1. The van der Waals surface area contributed by atoms with Gasteiger partial charge < -0.3 is 15.4 Å². The second-order valence-corrected chi connectivity index (χ2v) is 6.32. The number of hydrogen-bond donors (Lipinski definition) is 2. The molecule has 2 aromatic rings. The first kappa shape index (κ1) is 18.0. The zero-order chi connectivity index (χ0) is 18.7. The van der Waals surface area contributed by atoms with E-state index in [0.29, 0.717) is 23.1 Å². The summed E-state index contributed by atoms with van der Waals surface area (Å²) in [5.74, 6) is 0.230. The first-order chi connectivity index (χ1) is 12.5. The number of anilines is 1. The molecular formula is C18H18ClN3O4. The Balaban J connectivity index is 1.97. The second kappa shape index (κ2) is 7.61. The number of nitro groups is 1. The topological polar surface area (TPSA) is 93.5 Å². The molecule has 8 heteroatoms. The van der Waals surface area contributed by atoms with Crippen LogP contribution in [0.3, 0.4) is 0 Å². The zero-order valence-electron chi connectivity index (χ0n) is 14.1. The largest absolute Gasteiger partial charge is 0.492 e. The Kier molecular flexibility index (Phi) is 5.27. The van der Waals surface area contributed by atoms with Crippen molar-refractivity contribution in [1.82, 2.24) is 5.32 Å². The molecule has 1 aliphatic heterocycles. The third-order valence-electron chi connectivity index (χ3n) is 4.27. The van der Waals surface area contributed by atoms with Crippen molar-refractivity contribution in [2.75, 3.05) is 19.0 Å². The van der Waals surface area contributed by atoms with Gasteiger partial charge in [-0.1, -0.05) is 23.7 Å². The number of nitrogens with zero attached hydrogens (tertiary/aromatic N) is 1. The number of ether oxygens (including phenoxy) is 1. The minimum absolute atomic E-state index is 0.153. The lowest BCUT2D eigenvalue weighted by molar-refractivity contribution is -0.384. The lowest BCUT2D eigenvalue weighted by atomic mass is 10.0. The highest BCUT2D eigenvalue weighted by Crippen LogP contribution is 2.39. The number of halogens is 1. The lowest BCUT2D eigenvalue weighted by Gasteiger charge is -2.20. The fourth-order valence-electron chi connectivity index (χ4n) is 3.00. The number of nitro benzene ring substituents is 1. The van der Waals surface area contributed by atoms with Gasteiger partial charge >= 0.3 is 0 Å². The lowest BCUT2D eigenvalue weighted by Crippen LogP contribution is -2.18. The smallest absolute Gasteiger partial charge is 0.293 e. The molecule has 0 aromatic heterocycles. The SMILES string of the molecule is CNC(=O)c1ccc(NC2CCCOc3c(Cl)cccc32)c([N+](=O)[O-])c1. The molecule has 0 saturated heterocycles. The minimum atomic E-state index is -0.499. The summed E-state index contributed by atoms with van der Waals surface area (Å²) >= 11 is 6.23. The van der Waals surface area contributed by atoms with Gasteiger partial charge in [0.15, 0.2) is 0 Å². The van der Waals surface area contributed by atoms with Crippen molar-refractivity contribution >= 4 is 28.9 Å². The molecule has 2 aromatic carbocycles. The van der Waals surface area contributed by atoms with Gasteiger partial charge in [0.05, 0.1) is 22.6 Å². The molecule has 0 aliphatic carbocycles. The number of hydrogen-bond acceptors (Lipinski definition) is 5. The maximum atomic E-state index is 11.8. The minimum Gasteiger partial charge on any atom is -0.492 e. The van der Waals surface area contributed by atoms with E-state index in [1.165, 1.54) is 13.1 Å². The van der Waals surface area contributed by atoms with Crippen molar-refractivity contribution in [2.45, 2.75) is 18.9 Å². The molecule has 0 fully saturated rings. The monoisotopic (exact) mass is 375 g/mol. The number of para-hydroxylation sites is 1. The highest BCUT2D eigenvalue weighted by Gasteiger charge is 2.25. The van der Waals surface area contributed by atoms with E-state index in [1.807, 2.05) is 12.1 Å². The van der Waals surface area contributed by atoms with Crippen LogP contribution in [0.2, 0.25) is 5.02 Å². The molecular weight excluding hydrogens is 358 g/mol. The van der Waals surface area contributed by atoms with Crippen molar-refractivity contribution in [3.63, 3.8) is 0 Å². The van der Waals surface area contributed by atoms with Crippen LogP contribution in [0.1, 0.15) is 34.8 Å². The van der Waals surface area contributed by atoms with E-state index in [1.54, 1.807) is 18.2 Å². The number of rotatable bonds is 4. The summed E-state index contributed by atoms with van der Waals surface area (Å²) in [5.41, 5.74) is 1.29. The third-order valence-corrected chi connectivity index (χ3v) is 4.57. The van der Waals surface area contributed by atoms with Gasteiger partial charge in [0.2, 0.25) is 0 Å². The van der Waals surface area contributed by atoms with Crippen LogP contribution in [0.15, 0.2) is 36.4 Å². The zero-order valence-corrected chi connectivity index (χ0v) is 14.9. The van der Waals surface area contributed by atoms with Crippen LogP contribution >= 0.6 is 11.6 Å². The molecule has 0 radical (unpaired) electrons. The highest BCUT2D eigenvalue weighted by atomic mass is 35.5.